The van der Waals surface area contributed by atoms with Crippen LogP contribution in [0.3, 0.4) is 0 Å². The van der Waals surface area contributed by atoms with Gasteiger partial charge >= 0.3 is 5.97 Å². The van der Waals surface area contributed by atoms with Crippen LogP contribution in [0.2, 0.25) is 10.0 Å². The van der Waals surface area contributed by atoms with Gasteiger partial charge in [0.15, 0.2) is 0 Å². The Kier molecular flexibility index (Phi) is 3.84. The van der Waals surface area contributed by atoms with Gasteiger partial charge in [-0.05, 0) is 31.9 Å². The summed E-state index contributed by atoms with van der Waals surface area (Å²) in [5.41, 5.74) is 0.846. The number of ether oxygens (including phenoxy) is 1. The highest BCUT2D eigenvalue weighted by Gasteiger charge is 2.46. The average molecular weight is 327 g/mol. The quantitative estimate of drug-likeness (QED) is 0.858. The van der Waals surface area contributed by atoms with Crippen molar-refractivity contribution in [2.45, 2.75) is 38.0 Å². The first-order chi connectivity index (χ1) is 10.1. The molecule has 0 saturated heterocycles. The lowest BCUT2D eigenvalue weighted by Gasteiger charge is -2.23. The fourth-order valence-corrected chi connectivity index (χ4v) is 3.34. The highest BCUT2D eigenvalue weighted by Crippen LogP contribution is 2.42. The van der Waals surface area contributed by atoms with E-state index in [1.165, 1.54) is 0 Å². The molecule has 0 bridgehead atoms. The molecular weight excluding hydrogens is 311 g/mol. The van der Waals surface area contributed by atoms with Crippen LogP contribution in [0.25, 0.3) is 11.0 Å². The minimum absolute atomic E-state index is 0.196. The van der Waals surface area contributed by atoms with Crippen LogP contribution in [0, 0.1) is 0 Å². The third kappa shape index (κ3) is 2.40. The second-order valence-corrected chi connectivity index (χ2v) is 6.19. The molecule has 0 radical (unpaired) electrons. The van der Waals surface area contributed by atoms with Gasteiger partial charge in [-0.2, -0.15) is 0 Å². The van der Waals surface area contributed by atoms with Crippen LogP contribution in [0.15, 0.2) is 12.1 Å². The molecule has 6 heteroatoms. The zero-order chi connectivity index (χ0) is 15.0. The highest BCUT2D eigenvalue weighted by atomic mass is 35.5. The summed E-state index contributed by atoms with van der Waals surface area (Å²) >= 11 is 12.1. The van der Waals surface area contributed by atoms with Crippen molar-refractivity contribution < 1.29 is 9.53 Å². The van der Waals surface area contributed by atoms with Crippen LogP contribution in [0.5, 0.6) is 0 Å². The number of benzene rings is 1. The molecule has 0 unspecified atom stereocenters. The standard InChI is InChI=1S/C15H16Cl2N2O2/c1-2-21-14(20)15(5-3-4-6-15)13-18-11-7-9(16)10(17)8-12(11)19-13/h7-8H,2-6H2,1H3,(H,18,19). The molecule has 1 aromatic carbocycles. The second-order valence-electron chi connectivity index (χ2n) is 5.38. The first kappa shape index (κ1) is 14.7. The number of fused-ring (bicyclic) bond motifs is 1. The van der Waals surface area contributed by atoms with Gasteiger partial charge in [-0.1, -0.05) is 36.0 Å². The zero-order valence-electron chi connectivity index (χ0n) is 11.7. The number of hydrogen-bond acceptors (Lipinski definition) is 3. The van der Waals surface area contributed by atoms with Crippen molar-refractivity contribution in [2.75, 3.05) is 6.61 Å². The molecule has 4 nitrogen and oxygen atoms in total. The predicted molar refractivity (Wildman–Crippen MR) is 82.9 cm³/mol. The monoisotopic (exact) mass is 326 g/mol. The van der Waals surface area contributed by atoms with Gasteiger partial charge in [0.05, 0.1) is 27.7 Å². The second kappa shape index (κ2) is 5.50. The molecule has 0 atom stereocenters. The summed E-state index contributed by atoms with van der Waals surface area (Å²) in [6, 6.07) is 3.45. The molecule has 0 aliphatic heterocycles. The van der Waals surface area contributed by atoms with Crippen molar-refractivity contribution >= 4 is 40.2 Å². The van der Waals surface area contributed by atoms with E-state index in [0.717, 1.165) is 36.7 Å². The maximum atomic E-state index is 12.4. The molecule has 112 valence electrons. The SMILES string of the molecule is CCOC(=O)C1(c2nc3cc(Cl)c(Cl)cc3[nH]2)CCCC1. The normalized spacial score (nSPS) is 17.3. The van der Waals surface area contributed by atoms with Crippen molar-refractivity contribution in [3.8, 4) is 0 Å². The van der Waals surface area contributed by atoms with Gasteiger partial charge in [0, 0.05) is 0 Å². The molecule has 21 heavy (non-hydrogen) atoms. The first-order valence-electron chi connectivity index (χ1n) is 7.09. The number of nitrogens with zero attached hydrogens (tertiary/aromatic N) is 1. The van der Waals surface area contributed by atoms with Crippen LogP contribution >= 0.6 is 23.2 Å². The van der Waals surface area contributed by atoms with Gasteiger partial charge in [0.1, 0.15) is 11.2 Å². The van der Waals surface area contributed by atoms with Crippen LogP contribution in [-0.4, -0.2) is 22.5 Å². The van der Waals surface area contributed by atoms with Crippen LogP contribution in [-0.2, 0) is 14.9 Å². The van der Waals surface area contributed by atoms with Crippen molar-refractivity contribution in [3.63, 3.8) is 0 Å². The van der Waals surface area contributed by atoms with E-state index in [-0.39, 0.29) is 5.97 Å². The van der Waals surface area contributed by atoms with E-state index in [4.69, 9.17) is 27.9 Å². The highest BCUT2D eigenvalue weighted by molar-refractivity contribution is 6.42. The molecule has 2 aromatic rings. The zero-order valence-corrected chi connectivity index (χ0v) is 13.2. The first-order valence-corrected chi connectivity index (χ1v) is 7.85. The summed E-state index contributed by atoms with van der Waals surface area (Å²) < 4.78 is 5.28. The lowest BCUT2D eigenvalue weighted by atomic mass is 9.85. The van der Waals surface area contributed by atoms with E-state index in [9.17, 15) is 4.79 Å². The molecule has 3 rings (SSSR count). The molecule has 1 aliphatic rings. The summed E-state index contributed by atoms with van der Waals surface area (Å²) in [5, 5.41) is 0.926. The maximum absolute atomic E-state index is 12.4. The van der Waals surface area contributed by atoms with Gasteiger partial charge in [0.25, 0.3) is 0 Å². The third-order valence-corrected chi connectivity index (χ3v) is 4.82. The van der Waals surface area contributed by atoms with E-state index >= 15 is 0 Å². The van der Waals surface area contributed by atoms with E-state index in [2.05, 4.69) is 9.97 Å². The van der Waals surface area contributed by atoms with Gasteiger partial charge < -0.3 is 9.72 Å². The number of nitrogens with one attached hydrogen (secondary N) is 1. The van der Waals surface area contributed by atoms with E-state index in [1.54, 1.807) is 12.1 Å². The Morgan fingerprint density at radius 1 is 1.33 bits per heavy atom. The molecule has 1 heterocycles. The Bertz CT molecular complexity index is 651. The summed E-state index contributed by atoms with van der Waals surface area (Å²) in [6.45, 7) is 2.19. The number of H-pyrrole nitrogens is 1. The van der Waals surface area contributed by atoms with Crippen molar-refractivity contribution in [3.05, 3.63) is 28.0 Å². The number of carbonyl (C=O) groups excluding carboxylic acids is 1. The maximum Gasteiger partial charge on any atom is 0.319 e. The number of halogens is 2. The average Bonchev–Trinajstić information content (AvgIpc) is 3.07. The van der Waals surface area contributed by atoms with Crippen LogP contribution in [0.4, 0.5) is 0 Å². The Balaban J connectivity index is 2.10. The van der Waals surface area contributed by atoms with Crippen molar-refractivity contribution in [2.24, 2.45) is 0 Å². The van der Waals surface area contributed by atoms with Crippen molar-refractivity contribution in [1.82, 2.24) is 9.97 Å². The number of carbonyl (C=O) groups is 1. The van der Waals surface area contributed by atoms with Crippen molar-refractivity contribution in [1.29, 1.82) is 0 Å². The number of aromatic nitrogens is 2. The number of rotatable bonds is 3. The molecule has 0 spiro atoms. The molecule has 1 aliphatic carbocycles. The topological polar surface area (TPSA) is 55.0 Å². The van der Waals surface area contributed by atoms with Crippen LogP contribution < -0.4 is 0 Å². The minimum Gasteiger partial charge on any atom is -0.465 e. The lowest BCUT2D eigenvalue weighted by molar-refractivity contribution is -0.150. The fourth-order valence-electron chi connectivity index (χ4n) is 3.02. The summed E-state index contributed by atoms with van der Waals surface area (Å²) in [7, 11) is 0. The molecule has 1 N–H and O–H groups in total. The largest absolute Gasteiger partial charge is 0.465 e. The summed E-state index contributed by atoms with van der Waals surface area (Å²) in [4.78, 5) is 20.2. The molecule has 1 fully saturated rings. The summed E-state index contributed by atoms with van der Waals surface area (Å²) in [5.74, 6) is 0.463. The molecule has 0 amide bonds. The smallest absolute Gasteiger partial charge is 0.319 e. The Morgan fingerprint density at radius 3 is 2.67 bits per heavy atom. The molecular formula is C15H16Cl2N2O2. The number of aromatic amines is 1. The number of imidazole rings is 1. The third-order valence-electron chi connectivity index (χ3n) is 4.10. The number of hydrogen-bond donors (Lipinski definition) is 1. The van der Waals surface area contributed by atoms with Gasteiger partial charge in [-0.15, -0.1) is 0 Å². The molecule has 1 saturated carbocycles. The predicted octanol–water partition coefficient (Wildman–Crippen LogP) is 4.24. The Labute approximate surface area is 132 Å². The van der Waals surface area contributed by atoms with E-state index in [1.807, 2.05) is 6.92 Å². The van der Waals surface area contributed by atoms with E-state index < -0.39 is 5.41 Å². The number of esters is 1. The summed E-state index contributed by atoms with van der Waals surface area (Å²) in [6.07, 6.45) is 3.51. The fraction of sp³-hybridized carbons (Fsp3) is 0.467. The van der Waals surface area contributed by atoms with Gasteiger partial charge in [-0.3, -0.25) is 4.79 Å². The van der Waals surface area contributed by atoms with Gasteiger partial charge in [-0.25, -0.2) is 4.98 Å². The Morgan fingerprint density at radius 2 is 2.00 bits per heavy atom. The lowest BCUT2D eigenvalue weighted by Crippen LogP contribution is -2.35. The molecule has 1 aromatic heterocycles. The van der Waals surface area contributed by atoms with E-state index in [0.29, 0.717) is 22.5 Å². The minimum atomic E-state index is -0.659. The van der Waals surface area contributed by atoms with Crippen LogP contribution in [0.1, 0.15) is 38.4 Å². The van der Waals surface area contributed by atoms with Gasteiger partial charge in [0.2, 0.25) is 0 Å². The Hall–Kier alpha value is -1.26.